The summed E-state index contributed by atoms with van der Waals surface area (Å²) in [4.78, 5) is 27.0. The second kappa shape index (κ2) is 10.9. The minimum absolute atomic E-state index is 0.0191. The Morgan fingerprint density at radius 3 is 2.74 bits per heavy atom. The summed E-state index contributed by atoms with van der Waals surface area (Å²) in [6.07, 6.45) is 7.70. The Kier molecular flexibility index (Phi) is 7.98. The zero-order valence-electron chi connectivity index (χ0n) is 18.7. The molecule has 168 valence electrons. The molecule has 0 aliphatic carbocycles. The lowest BCUT2D eigenvalue weighted by atomic mass is 9.93. The first kappa shape index (κ1) is 22.7. The molecular weight excluding hydrogens is 394 g/mol. The third-order valence-corrected chi connectivity index (χ3v) is 5.87. The molecule has 0 radical (unpaired) electrons. The number of hydrogen-bond donors (Lipinski definition) is 1. The molecule has 2 amide bonds. The number of piperidine rings is 1. The number of rotatable bonds is 9. The SMILES string of the molecule is COc1ccc(CNC(=O)CCC2CCCN(C(=O)Cc3ccn(C)c3)C2)c(OC)c1. The first-order valence-electron chi connectivity index (χ1n) is 10.8. The summed E-state index contributed by atoms with van der Waals surface area (Å²) in [6.45, 7) is 1.97. The van der Waals surface area contributed by atoms with Gasteiger partial charge < -0.3 is 24.3 Å². The third kappa shape index (κ3) is 6.51. The van der Waals surface area contributed by atoms with Crippen molar-refractivity contribution < 1.29 is 19.1 Å². The molecule has 1 aliphatic rings. The molecule has 0 spiro atoms. The van der Waals surface area contributed by atoms with Crippen LogP contribution in [0.1, 0.15) is 36.8 Å². The van der Waals surface area contributed by atoms with Gasteiger partial charge in [0, 0.05) is 57.1 Å². The Hall–Kier alpha value is -2.96. The average Bonchev–Trinajstić information content (AvgIpc) is 3.20. The van der Waals surface area contributed by atoms with Crippen LogP contribution in [0.5, 0.6) is 11.5 Å². The smallest absolute Gasteiger partial charge is 0.227 e. The Bertz CT molecular complexity index is 893. The normalized spacial score (nSPS) is 16.1. The van der Waals surface area contributed by atoms with Gasteiger partial charge in [0.2, 0.25) is 11.8 Å². The van der Waals surface area contributed by atoms with Gasteiger partial charge in [-0.25, -0.2) is 0 Å². The van der Waals surface area contributed by atoms with Crippen LogP contribution in [0.2, 0.25) is 0 Å². The van der Waals surface area contributed by atoms with E-state index in [0.29, 0.717) is 31.1 Å². The number of nitrogens with zero attached hydrogens (tertiary/aromatic N) is 2. The molecule has 2 heterocycles. The summed E-state index contributed by atoms with van der Waals surface area (Å²) in [5.74, 6) is 1.97. The molecule has 3 rings (SSSR count). The molecule has 1 aliphatic heterocycles. The van der Waals surface area contributed by atoms with Crippen LogP contribution in [-0.2, 0) is 29.6 Å². The van der Waals surface area contributed by atoms with Gasteiger partial charge in [-0.3, -0.25) is 9.59 Å². The summed E-state index contributed by atoms with van der Waals surface area (Å²) in [7, 11) is 5.17. The van der Waals surface area contributed by atoms with Crippen LogP contribution < -0.4 is 14.8 Å². The predicted octanol–water partition coefficient (Wildman–Crippen LogP) is 2.92. The molecular formula is C24H33N3O4. The highest BCUT2D eigenvalue weighted by Crippen LogP contribution is 2.25. The van der Waals surface area contributed by atoms with E-state index < -0.39 is 0 Å². The molecule has 1 unspecified atom stereocenters. The topological polar surface area (TPSA) is 72.8 Å². The van der Waals surface area contributed by atoms with Gasteiger partial charge in [0.25, 0.3) is 0 Å². The van der Waals surface area contributed by atoms with Crippen molar-refractivity contribution in [2.75, 3.05) is 27.3 Å². The van der Waals surface area contributed by atoms with Gasteiger partial charge in [-0.05, 0) is 48.9 Å². The van der Waals surface area contributed by atoms with Crippen molar-refractivity contribution in [3.8, 4) is 11.5 Å². The van der Waals surface area contributed by atoms with Gasteiger partial charge in [-0.2, -0.15) is 0 Å². The number of nitrogens with one attached hydrogen (secondary N) is 1. The highest BCUT2D eigenvalue weighted by Gasteiger charge is 2.24. The standard InChI is InChI=1S/C24H33N3O4/c1-26-12-10-19(16-26)13-24(29)27-11-4-5-18(17-27)6-9-23(28)25-15-20-7-8-21(30-2)14-22(20)31-3/h7-8,10,12,14,16,18H,4-6,9,11,13,15,17H2,1-3H3,(H,25,28). The van der Waals surface area contributed by atoms with Crippen LogP contribution in [0.25, 0.3) is 0 Å². The first-order chi connectivity index (χ1) is 15.0. The van der Waals surface area contributed by atoms with E-state index in [1.807, 2.05) is 53.2 Å². The molecule has 2 aromatic rings. The van der Waals surface area contributed by atoms with Gasteiger partial charge >= 0.3 is 0 Å². The maximum absolute atomic E-state index is 12.6. The highest BCUT2D eigenvalue weighted by molar-refractivity contribution is 5.79. The quantitative estimate of drug-likeness (QED) is 0.668. The molecule has 1 fully saturated rings. The van der Waals surface area contributed by atoms with Crippen molar-refractivity contribution in [3.05, 3.63) is 47.8 Å². The second-order valence-electron chi connectivity index (χ2n) is 8.20. The van der Waals surface area contributed by atoms with Crippen LogP contribution in [0.3, 0.4) is 0 Å². The Labute approximate surface area is 184 Å². The number of carbonyl (C=O) groups excluding carboxylic acids is 2. The number of carbonyl (C=O) groups is 2. The first-order valence-corrected chi connectivity index (χ1v) is 10.8. The van der Waals surface area contributed by atoms with Crippen molar-refractivity contribution >= 4 is 11.8 Å². The molecule has 1 aromatic carbocycles. The fourth-order valence-electron chi connectivity index (χ4n) is 4.09. The van der Waals surface area contributed by atoms with Crippen molar-refractivity contribution in [3.63, 3.8) is 0 Å². The highest BCUT2D eigenvalue weighted by atomic mass is 16.5. The zero-order valence-corrected chi connectivity index (χ0v) is 18.7. The molecule has 1 N–H and O–H groups in total. The fourth-order valence-corrected chi connectivity index (χ4v) is 4.09. The molecule has 1 atom stereocenters. The molecule has 0 saturated carbocycles. The Balaban J connectivity index is 1.43. The van der Waals surface area contributed by atoms with Gasteiger partial charge in [-0.1, -0.05) is 0 Å². The van der Waals surface area contributed by atoms with E-state index in [4.69, 9.17) is 9.47 Å². The lowest BCUT2D eigenvalue weighted by Gasteiger charge is -2.32. The maximum atomic E-state index is 12.6. The van der Waals surface area contributed by atoms with Crippen molar-refractivity contribution in [1.29, 1.82) is 0 Å². The zero-order chi connectivity index (χ0) is 22.2. The number of aromatic nitrogens is 1. The molecule has 7 nitrogen and oxygen atoms in total. The molecule has 0 bridgehead atoms. The van der Waals surface area contributed by atoms with Crippen LogP contribution in [0, 0.1) is 5.92 Å². The number of likely N-dealkylation sites (tertiary alicyclic amines) is 1. The van der Waals surface area contributed by atoms with Crippen molar-refractivity contribution in [2.24, 2.45) is 13.0 Å². The average molecular weight is 428 g/mol. The Morgan fingerprint density at radius 2 is 2.03 bits per heavy atom. The predicted molar refractivity (Wildman–Crippen MR) is 119 cm³/mol. The van der Waals surface area contributed by atoms with E-state index in [2.05, 4.69) is 5.32 Å². The van der Waals surface area contributed by atoms with Crippen molar-refractivity contribution in [2.45, 2.75) is 38.6 Å². The van der Waals surface area contributed by atoms with Crippen LogP contribution in [0.4, 0.5) is 0 Å². The van der Waals surface area contributed by atoms with E-state index in [1.54, 1.807) is 14.2 Å². The fraction of sp³-hybridized carbons (Fsp3) is 0.500. The van der Waals surface area contributed by atoms with E-state index in [0.717, 1.165) is 49.2 Å². The molecule has 31 heavy (non-hydrogen) atoms. The van der Waals surface area contributed by atoms with Gasteiger partial charge in [-0.15, -0.1) is 0 Å². The van der Waals surface area contributed by atoms with Gasteiger partial charge in [0.1, 0.15) is 11.5 Å². The minimum atomic E-state index is 0.0191. The largest absolute Gasteiger partial charge is 0.497 e. The number of hydrogen-bond acceptors (Lipinski definition) is 4. The summed E-state index contributed by atoms with van der Waals surface area (Å²) >= 11 is 0. The number of aryl methyl sites for hydroxylation is 1. The molecule has 1 aromatic heterocycles. The molecule has 1 saturated heterocycles. The van der Waals surface area contributed by atoms with Crippen LogP contribution in [-0.4, -0.2) is 48.6 Å². The van der Waals surface area contributed by atoms with Gasteiger partial charge in [0.05, 0.1) is 20.6 Å². The number of methoxy groups -OCH3 is 2. The Morgan fingerprint density at radius 1 is 1.19 bits per heavy atom. The minimum Gasteiger partial charge on any atom is -0.497 e. The number of benzene rings is 1. The summed E-state index contributed by atoms with van der Waals surface area (Å²) in [5.41, 5.74) is 1.95. The molecule has 7 heteroatoms. The van der Waals surface area contributed by atoms with E-state index in [-0.39, 0.29) is 11.8 Å². The van der Waals surface area contributed by atoms with E-state index in [9.17, 15) is 9.59 Å². The lowest BCUT2D eigenvalue weighted by molar-refractivity contribution is -0.132. The summed E-state index contributed by atoms with van der Waals surface area (Å²) in [6, 6.07) is 7.55. The lowest BCUT2D eigenvalue weighted by Crippen LogP contribution is -2.41. The number of ether oxygens (including phenoxy) is 2. The monoisotopic (exact) mass is 427 g/mol. The van der Waals surface area contributed by atoms with Crippen LogP contribution >= 0.6 is 0 Å². The van der Waals surface area contributed by atoms with Crippen molar-refractivity contribution in [1.82, 2.24) is 14.8 Å². The van der Waals surface area contributed by atoms with Gasteiger partial charge in [0.15, 0.2) is 0 Å². The van der Waals surface area contributed by atoms with E-state index >= 15 is 0 Å². The maximum Gasteiger partial charge on any atom is 0.227 e. The summed E-state index contributed by atoms with van der Waals surface area (Å²) < 4.78 is 12.5. The third-order valence-electron chi connectivity index (χ3n) is 5.87. The number of amides is 2. The van der Waals surface area contributed by atoms with E-state index in [1.165, 1.54) is 0 Å². The van der Waals surface area contributed by atoms with Crippen LogP contribution in [0.15, 0.2) is 36.7 Å². The second-order valence-corrected chi connectivity index (χ2v) is 8.20. The summed E-state index contributed by atoms with van der Waals surface area (Å²) in [5, 5.41) is 2.98.